The number of imidazole rings is 1. The number of hydrogen-bond donors (Lipinski definition) is 3. The van der Waals surface area contributed by atoms with Gasteiger partial charge in [-0.25, -0.2) is 9.37 Å². The SMILES string of the molecule is Cc1ccc(C(=O)Nc2ccc(Oc3ccc4nc(NC(=O)C5CC5)cn4c3)cc2)c(=O)n1-c1ccc(F)cc1.O.O=S(=O)(O)c1ccccc1. The number of carbonyl (C=O) groups is 2. The summed E-state index contributed by atoms with van der Waals surface area (Å²) in [5.41, 5.74) is 1.68. The van der Waals surface area contributed by atoms with Gasteiger partial charge in [-0.15, -0.1) is 0 Å². The highest BCUT2D eigenvalue weighted by Gasteiger charge is 2.30. The van der Waals surface area contributed by atoms with Crippen LogP contribution in [0.15, 0.2) is 125 Å². The largest absolute Gasteiger partial charge is 0.456 e. The molecule has 6 aromatic rings. The van der Waals surface area contributed by atoms with Crippen LogP contribution in [0.4, 0.5) is 15.9 Å². The molecule has 5 N–H and O–H groups in total. The van der Waals surface area contributed by atoms with Gasteiger partial charge in [-0.3, -0.25) is 23.5 Å². The van der Waals surface area contributed by atoms with E-state index in [4.69, 9.17) is 9.29 Å². The molecule has 0 atom stereocenters. The molecule has 1 fully saturated rings. The maximum atomic E-state index is 13.4. The number of fused-ring (bicyclic) bond motifs is 1. The van der Waals surface area contributed by atoms with E-state index >= 15 is 0 Å². The van der Waals surface area contributed by atoms with Crippen molar-refractivity contribution in [1.82, 2.24) is 14.0 Å². The van der Waals surface area contributed by atoms with Gasteiger partial charge in [0.15, 0.2) is 5.82 Å². The molecule has 0 unspecified atom stereocenters. The lowest BCUT2D eigenvalue weighted by atomic mass is 10.2. The molecule has 13 nitrogen and oxygen atoms in total. The number of benzene rings is 3. The van der Waals surface area contributed by atoms with Crippen molar-refractivity contribution in [1.29, 1.82) is 0 Å². The zero-order valence-corrected chi connectivity index (χ0v) is 27.8. The van der Waals surface area contributed by atoms with Crippen LogP contribution in [0.25, 0.3) is 11.3 Å². The van der Waals surface area contributed by atoms with Crippen molar-refractivity contribution in [2.75, 3.05) is 10.6 Å². The van der Waals surface area contributed by atoms with E-state index in [0.717, 1.165) is 12.8 Å². The number of anilines is 2. The van der Waals surface area contributed by atoms with Crippen LogP contribution in [-0.2, 0) is 14.9 Å². The number of carbonyl (C=O) groups excluding carboxylic acids is 2. The maximum absolute atomic E-state index is 13.4. The summed E-state index contributed by atoms with van der Waals surface area (Å²) in [6, 6.07) is 26.3. The van der Waals surface area contributed by atoms with E-state index in [-0.39, 0.29) is 27.8 Å². The molecular weight excluding hydrogens is 681 g/mol. The second-order valence-electron chi connectivity index (χ2n) is 11.4. The standard InChI is InChI=1S/C30H24FN5O4.C6H6O3S.H2O/c1-18-2-14-25(30(39)36(18)22-9-5-20(31)6-10-22)29(38)32-21-7-11-23(12-8-21)40-24-13-15-27-33-26(17-35(27)16-24)34-28(37)19-3-4-19;7-10(8,9)6-4-2-1-3-5-6;/h2,5-17,19H,3-4H2,1H3,(H,32,38)(H,34,37);1-5H,(H,7,8,9);1H2. The first-order valence-corrected chi connectivity index (χ1v) is 16.8. The number of nitrogens with one attached hydrogen (secondary N) is 2. The number of pyridine rings is 2. The lowest BCUT2D eigenvalue weighted by Crippen LogP contribution is -2.29. The van der Waals surface area contributed by atoms with E-state index in [1.807, 2.05) is 0 Å². The lowest BCUT2D eigenvalue weighted by molar-refractivity contribution is -0.117. The highest BCUT2D eigenvalue weighted by atomic mass is 32.2. The van der Waals surface area contributed by atoms with Crippen LogP contribution in [0, 0.1) is 18.7 Å². The van der Waals surface area contributed by atoms with Gasteiger partial charge in [0, 0.05) is 23.0 Å². The third kappa shape index (κ3) is 8.90. The first-order valence-electron chi connectivity index (χ1n) is 15.3. The predicted molar refractivity (Wildman–Crippen MR) is 188 cm³/mol. The van der Waals surface area contributed by atoms with E-state index in [9.17, 15) is 27.2 Å². The van der Waals surface area contributed by atoms with Gasteiger partial charge in [0.25, 0.3) is 21.6 Å². The van der Waals surface area contributed by atoms with Gasteiger partial charge in [-0.05, 0) is 105 Å². The highest BCUT2D eigenvalue weighted by Crippen LogP contribution is 2.30. The fourth-order valence-electron chi connectivity index (χ4n) is 4.91. The number of ether oxygens (including phenoxy) is 1. The first-order chi connectivity index (χ1) is 23.9. The summed E-state index contributed by atoms with van der Waals surface area (Å²) in [5.74, 6) is 0.691. The molecular formula is C36H32FN5O8S. The summed E-state index contributed by atoms with van der Waals surface area (Å²) in [5, 5.41) is 5.57. The zero-order chi connectivity index (χ0) is 35.4. The Hall–Kier alpha value is -6.16. The predicted octanol–water partition coefficient (Wildman–Crippen LogP) is 5.43. The Morgan fingerprint density at radius 2 is 1.53 bits per heavy atom. The zero-order valence-electron chi connectivity index (χ0n) is 27.0. The van der Waals surface area contributed by atoms with Crippen LogP contribution in [0.1, 0.15) is 28.9 Å². The Bertz CT molecular complexity index is 2360. The summed E-state index contributed by atoms with van der Waals surface area (Å²) in [7, 11) is -4.00. The van der Waals surface area contributed by atoms with Crippen molar-refractivity contribution in [3.05, 3.63) is 143 Å². The molecule has 1 saturated carbocycles. The normalized spacial score (nSPS) is 12.2. The van der Waals surface area contributed by atoms with E-state index in [2.05, 4.69) is 15.6 Å². The Morgan fingerprint density at radius 3 is 2.16 bits per heavy atom. The van der Waals surface area contributed by atoms with Gasteiger partial charge in [0.1, 0.15) is 28.5 Å². The monoisotopic (exact) mass is 713 g/mol. The van der Waals surface area contributed by atoms with Gasteiger partial charge >= 0.3 is 0 Å². The highest BCUT2D eigenvalue weighted by molar-refractivity contribution is 7.85. The quantitative estimate of drug-likeness (QED) is 0.174. The second-order valence-corrected chi connectivity index (χ2v) is 12.8. The second kappa shape index (κ2) is 15.2. The molecule has 1 aliphatic rings. The van der Waals surface area contributed by atoms with Crippen molar-refractivity contribution >= 4 is 39.1 Å². The molecule has 15 heteroatoms. The average Bonchev–Trinajstić information content (AvgIpc) is 3.87. The molecule has 51 heavy (non-hydrogen) atoms. The number of rotatable bonds is 8. The van der Waals surface area contributed by atoms with Crippen LogP contribution < -0.4 is 20.9 Å². The number of amides is 2. The van der Waals surface area contributed by atoms with Gasteiger partial charge in [-0.2, -0.15) is 8.42 Å². The topological polar surface area (TPSA) is 193 Å². The third-order valence-electron chi connectivity index (χ3n) is 7.62. The number of aromatic nitrogens is 3. The minimum Gasteiger partial charge on any atom is -0.456 e. The molecule has 3 aromatic carbocycles. The van der Waals surface area contributed by atoms with E-state index in [1.54, 1.807) is 84.4 Å². The van der Waals surface area contributed by atoms with Crippen molar-refractivity contribution < 1.29 is 37.2 Å². The molecule has 0 saturated heterocycles. The summed E-state index contributed by atoms with van der Waals surface area (Å²) >= 11 is 0. The fraction of sp³-hybridized carbons (Fsp3) is 0.111. The molecule has 3 heterocycles. The van der Waals surface area contributed by atoms with Crippen LogP contribution in [0.2, 0.25) is 0 Å². The summed E-state index contributed by atoms with van der Waals surface area (Å²) in [6.45, 7) is 1.74. The molecule has 0 aliphatic heterocycles. The summed E-state index contributed by atoms with van der Waals surface area (Å²) in [6.07, 6.45) is 5.33. The van der Waals surface area contributed by atoms with Crippen LogP contribution in [0.3, 0.4) is 0 Å². The van der Waals surface area contributed by atoms with Crippen molar-refractivity contribution in [3.63, 3.8) is 0 Å². The Kier molecular flexibility index (Phi) is 10.7. The first kappa shape index (κ1) is 36.1. The smallest absolute Gasteiger partial charge is 0.294 e. The number of nitrogens with zero attached hydrogens (tertiary/aromatic N) is 3. The average molecular weight is 714 g/mol. The Morgan fingerprint density at radius 1 is 0.863 bits per heavy atom. The van der Waals surface area contributed by atoms with E-state index in [0.29, 0.717) is 40.0 Å². The molecule has 0 radical (unpaired) electrons. The van der Waals surface area contributed by atoms with E-state index in [1.165, 1.54) is 47.0 Å². The van der Waals surface area contributed by atoms with Gasteiger partial charge < -0.3 is 25.2 Å². The summed E-state index contributed by atoms with van der Waals surface area (Å²) in [4.78, 5) is 42.4. The van der Waals surface area contributed by atoms with Crippen LogP contribution in [-0.4, -0.2) is 44.2 Å². The fourth-order valence-corrected chi connectivity index (χ4v) is 5.41. The van der Waals surface area contributed by atoms with Crippen molar-refractivity contribution in [3.8, 4) is 17.2 Å². The number of halogens is 1. The molecule has 0 spiro atoms. The number of hydrogen-bond acceptors (Lipinski definition) is 7. The van der Waals surface area contributed by atoms with Gasteiger partial charge in [0.2, 0.25) is 5.91 Å². The van der Waals surface area contributed by atoms with E-state index < -0.39 is 27.4 Å². The summed E-state index contributed by atoms with van der Waals surface area (Å²) < 4.78 is 51.7. The number of aryl methyl sites for hydroxylation is 1. The van der Waals surface area contributed by atoms with Gasteiger partial charge in [-0.1, -0.05) is 18.2 Å². The maximum Gasteiger partial charge on any atom is 0.294 e. The molecule has 3 aromatic heterocycles. The van der Waals surface area contributed by atoms with Gasteiger partial charge in [0.05, 0.1) is 17.3 Å². The molecule has 0 bridgehead atoms. The Balaban J connectivity index is 0.000000397. The minimum atomic E-state index is -4.00. The molecule has 7 rings (SSSR count). The lowest BCUT2D eigenvalue weighted by Gasteiger charge is -2.12. The Labute approximate surface area is 291 Å². The molecule has 262 valence electrons. The van der Waals surface area contributed by atoms with Crippen molar-refractivity contribution in [2.24, 2.45) is 5.92 Å². The molecule has 1 aliphatic carbocycles. The minimum absolute atomic E-state index is 0. The van der Waals surface area contributed by atoms with Crippen molar-refractivity contribution in [2.45, 2.75) is 24.7 Å². The third-order valence-corrected chi connectivity index (χ3v) is 8.49. The van der Waals surface area contributed by atoms with Crippen LogP contribution >= 0.6 is 0 Å². The van der Waals surface area contributed by atoms with Crippen LogP contribution in [0.5, 0.6) is 11.5 Å². The molecule has 2 amide bonds.